The molecule has 27 heavy (non-hydrogen) atoms. The average Bonchev–Trinajstić information content (AvgIpc) is 3.21. The van der Waals surface area contributed by atoms with E-state index in [1.54, 1.807) is 25.5 Å². The summed E-state index contributed by atoms with van der Waals surface area (Å²) in [6.45, 7) is 0.0704. The molecule has 4 rings (SSSR count). The third-order valence-electron chi connectivity index (χ3n) is 4.52. The second-order valence-corrected chi connectivity index (χ2v) is 7.23. The van der Waals surface area contributed by atoms with E-state index in [0.717, 1.165) is 5.52 Å². The largest absolute Gasteiger partial charge is 0.337 e. The number of aromatic nitrogens is 4. The number of fused-ring (bicyclic) bond motifs is 2. The van der Waals surface area contributed by atoms with E-state index in [9.17, 15) is 14.4 Å². The number of thiophene rings is 1. The first-order valence-corrected chi connectivity index (χ1v) is 9.18. The summed E-state index contributed by atoms with van der Waals surface area (Å²) in [5.74, 6) is 0.161. The summed E-state index contributed by atoms with van der Waals surface area (Å²) in [5, 5.41) is 1.80. The summed E-state index contributed by atoms with van der Waals surface area (Å²) in [7, 11) is 3.30. The Labute approximate surface area is 157 Å². The third-order valence-corrected chi connectivity index (χ3v) is 5.42. The Morgan fingerprint density at radius 3 is 2.74 bits per heavy atom. The van der Waals surface area contributed by atoms with Gasteiger partial charge in [0.05, 0.1) is 23.1 Å². The van der Waals surface area contributed by atoms with Crippen molar-refractivity contribution in [3.8, 4) is 0 Å². The Morgan fingerprint density at radius 1 is 1.22 bits per heavy atom. The Balaban J connectivity index is 1.59. The van der Waals surface area contributed by atoms with Gasteiger partial charge in [-0.25, -0.2) is 9.78 Å². The first kappa shape index (κ1) is 17.2. The number of H-pyrrole nitrogens is 1. The van der Waals surface area contributed by atoms with Crippen LogP contribution in [0.1, 0.15) is 5.82 Å². The molecule has 0 unspecified atom stereocenters. The summed E-state index contributed by atoms with van der Waals surface area (Å²) in [6.07, 6.45) is 0. The summed E-state index contributed by atoms with van der Waals surface area (Å²) in [5.41, 5.74) is 1.63. The van der Waals surface area contributed by atoms with Crippen molar-refractivity contribution in [2.24, 2.45) is 7.05 Å². The number of likely N-dealkylation sites (N-methyl/N-ethyl adjacent to an activating group) is 1. The zero-order valence-corrected chi connectivity index (χ0v) is 15.6. The maximum absolute atomic E-state index is 12.7. The lowest BCUT2D eigenvalue weighted by Crippen LogP contribution is -2.34. The first-order chi connectivity index (χ1) is 13.0. The quantitative estimate of drug-likeness (QED) is 0.575. The van der Waals surface area contributed by atoms with Gasteiger partial charge in [-0.05, 0) is 23.6 Å². The number of amides is 1. The number of nitrogens with one attached hydrogen (secondary N) is 1. The van der Waals surface area contributed by atoms with Crippen molar-refractivity contribution in [3.63, 3.8) is 0 Å². The van der Waals surface area contributed by atoms with Gasteiger partial charge in [-0.2, -0.15) is 0 Å². The molecular weight excluding hydrogens is 366 g/mol. The molecule has 0 atom stereocenters. The van der Waals surface area contributed by atoms with Gasteiger partial charge in [0.25, 0.3) is 5.56 Å². The normalized spacial score (nSPS) is 11.3. The number of para-hydroxylation sites is 2. The van der Waals surface area contributed by atoms with Crippen molar-refractivity contribution in [2.45, 2.75) is 13.1 Å². The lowest BCUT2D eigenvalue weighted by Gasteiger charge is -2.16. The number of aryl methyl sites for hydroxylation is 1. The van der Waals surface area contributed by atoms with E-state index in [1.165, 1.54) is 25.4 Å². The van der Waals surface area contributed by atoms with E-state index >= 15 is 0 Å². The molecule has 1 amide bonds. The van der Waals surface area contributed by atoms with Gasteiger partial charge in [-0.1, -0.05) is 12.1 Å². The molecule has 0 radical (unpaired) electrons. The van der Waals surface area contributed by atoms with Crippen LogP contribution < -0.4 is 11.2 Å². The molecule has 4 aromatic rings. The maximum atomic E-state index is 12.7. The van der Waals surface area contributed by atoms with Crippen molar-refractivity contribution in [3.05, 3.63) is 62.4 Å². The van der Waals surface area contributed by atoms with Crippen LogP contribution in [0.3, 0.4) is 0 Å². The molecule has 0 fully saturated rings. The maximum Gasteiger partial charge on any atom is 0.329 e. The lowest BCUT2D eigenvalue weighted by atomic mass is 10.3. The Morgan fingerprint density at radius 2 is 1.96 bits per heavy atom. The number of carbonyl (C=O) groups excluding carboxylic acids is 1. The van der Waals surface area contributed by atoms with Gasteiger partial charge >= 0.3 is 5.69 Å². The van der Waals surface area contributed by atoms with Crippen LogP contribution in [-0.4, -0.2) is 37.0 Å². The molecule has 0 bridgehead atoms. The van der Waals surface area contributed by atoms with Crippen LogP contribution in [0.15, 0.2) is 45.3 Å². The second kappa shape index (κ2) is 6.51. The van der Waals surface area contributed by atoms with Gasteiger partial charge in [0.15, 0.2) is 0 Å². The van der Waals surface area contributed by atoms with Crippen molar-refractivity contribution in [1.82, 2.24) is 24.0 Å². The van der Waals surface area contributed by atoms with E-state index in [2.05, 4.69) is 9.97 Å². The zero-order valence-electron chi connectivity index (χ0n) is 14.8. The minimum Gasteiger partial charge on any atom is -0.337 e. The lowest BCUT2D eigenvalue weighted by molar-refractivity contribution is -0.131. The van der Waals surface area contributed by atoms with Gasteiger partial charge in [-0.15, -0.1) is 11.3 Å². The zero-order chi connectivity index (χ0) is 19.1. The fraction of sp³-hybridized carbons (Fsp3) is 0.222. The van der Waals surface area contributed by atoms with E-state index in [0.29, 0.717) is 21.6 Å². The number of nitrogens with zero attached hydrogens (tertiary/aromatic N) is 4. The molecule has 1 aromatic carbocycles. The third kappa shape index (κ3) is 2.95. The minimum absolute atomic E-state index is 0.0817. The van der Waals surface area contributed by atoms with E-state index in [1.807, 2.05) is 24.3 Å². The van der Waals surface area contributed by atoms with Gasteiger partial charge < -0.3 is 9.88 Å². The number of aromatic amines is 1. The van der Waals surface area contributed by atoms with Crippen molar-refractivity contribution < 1.29 is 4.79 Å². The summed E-state index contributed by atoms with van der Waals surface area (Å²) in [4.78, 5) is 45.7. The van der Waals surface area contributed by atoms with Crippen molar-refractivity contribution in [2.75, 3.05) is 7.05 Å². The Kier molecular flexibility index (Phi) is 4.15. The fourth-order valence-corrected chi connectivity index (χ4v) is 3.81. The summed E-state index contributed by atoms with van der Waals surface area (Å²) < 4.78 is 3.54. The molecule has 3 aromatic heterocycles. The van der Waals surface area contributed by atoms with Crippen molar-refractivity contribution in [1.29, 1.82) is 0 Å². The number of imidazole rings is 1. The van der Waals surface area contributed by atoms with Crippen LogP contribution in [-0.2, 0) is 24.9 Å². The molecule has 9 heteroatoms. The summed E-state index contributed by atoms with van der Waals surface area (Å²) >= 11 is 1.33. The number of carbonyl (C=O) groups is 1. The fourth-order valence-electron chi connectivity index (χ4n) is 3.08. The number of hydrogen-bond acceptors (Lipinski definition) is 5. The standard InChI is InChI=1S/C18H17N5O3S/c1-21(9-14-19-11-7-8-27-16(11)17(25)20-14)15(24)10-23-13-6-4-3-5-12(13)22(2)18(23)26/h3-8H,9-10H2,1-2H3,(H,19,20,25). The highest BCUT2D eigenvalue weighted by atomic mass is 32.1. The van der Waals surface area contributed by atoms with Crippen LogP contribution in [0.4, 0.5) is 0 Å². The molecule has 0 aliphatic carbocycles. The molecule has 8 nitrogen and oxygen atoms in total. The molecule has 138 valence electrons. The highest BCUT2D eigenvalue weighted by molar-refractivity contribution is 7.17. The van der Waals surface area contributed by atoms with Crippen LogP contribution in [0, 0.1) is 0 Å². The Hall–Kier alpha value is -3.20. The molecule has 1 N–H and O–H groups in total. The number of rotatable bonds is 4. The molecule has 0 saturated carbocycles. The van der Waals surface area contributed by atoms with Crippen LogP contribution in [0.2, 0.25) is 0 Å². The monoisotopic (exact) mass is 383 g/mol. The van der Waals surface area contributed by atoms with Crippen LogP contribution >= 0.6 is 11.3 Å². The highest BCUT2D eigenvalue weighted by Gasteiger charge is 2.17. The predicted molar refractivity (Wildman–Crippen MR) is 104 cm³/mol. The van der Waals surface area contributed by atoms with Crippen LogP contribution in [0.5, 0.6) is 0 Å². The number of hydrogen-bond donors (Lipinski definition) is 1. The smallest absolute Gasteiger partial charge is 0.329 e. The average molecular weight is 383 g/mol. The predicted octanol–water partition coefficient (Wildman–Crippen LogP) is 1.30. The second-order valence-electron chi connectivity index (χ2n) is 6.31. The molecule has 0 spiro atoms. The first-order valence-electron chi connectivity index (χ1n) is 8.30. The SMILES string of the molecule is CN(Cc1nc2ccsc2c(=O)[nH]1)C(=O)Cn1c(=O)n(C)c2ccccc21. The molecule has 3 heterocycles. The Bertz CT molecular complexity index is 1280. The summed E-state index contributed by atoms with van der Waals surface area (Å²) in [6, 6.07) is 9.11. The highest BCUT2D eigenvalue weighted by Crippen LogP contribution is 2.14. The van der Waals surface area contributed by atoms with Gasteiger partial charge in [0.2, 0.25) is 5.91 Å². The van der Waals surface area contributed by atoms with Gasteiger partial charge in [0, 0.05) is 14.1 Å². The number of benzene rings is 1. The van der Waals surface area contributed by atoms with E-state index in [4.69, 9.17) is 0 Å². The van der Waals surface area contributed by atoms with Crippen LogP contribution in [0.25, 0.3) is 21.3 Å². The minimum atomic E-state index is -0.249. The van der Waals surface area contributed by atoms with Gasteiger partial charge in [0.1, 0.15) is 17.1 Å². The molecule has 0 aliphatic rings. The molecular formula is C18H17N5O3S. The van der Waals surface area contributed by atoms with Gasteiger partial charge in [-0.3, -0.25) is 18.7 Å². The van der Waals surface area contributed by atoms with E-state index in [-0.39, 0.29) is 30.2 Å². The van der Waals surface area contributed by atoms with Crippen molar-refractivity contribution >= 4 is 38.5 Å². The topological polar surface area (TPSA) is 93.0 Å². The van der Waals surface area contributed by atoms with E-state index < -0.39 is 0 Å². The molecule has 0 saturated heterocycles. The molecule has 0 aliphatic heterocycles.